The van der Waals surface area contributed by atoms with Gasteiger partial charge in [-0.25, -0.2) is 9.48 Å². The zero-order valence-electron chi connectivity index (χ0n) is 13.8. The van der Waals surface area contributed by atoms with Crippen LogP contribution in [0, 0.1) is 6.92 Å². The van der Waals surface area contributed by atoms with E-state index in [1.165, 1.54) is 29.1 Å². The van der Waals surface area contributed by atoms with Gasteiger partial charge >= 0.3 is 5.97 Å². The van der Waals surface area contributed by atoms with Gasteiger partial charge in [0.25, 0.3) is 5.56 Å². The summed E-state index contributed by atoms with van der Waals surface area (Å²) >= 11 is 18.3. The number of halogens is 3. The molecular formula is C18H12Cl3N3O3. The maximum Gasteiger partial charge on any atom is 0.337 e. The van der Waals surface area contributed by atoms with Crippen LogP contribution in [-0.2, 0) is 0 Å². The van der Waals surface area contributed by atoms with Gasteiger partial charge in [0.15, 0.2) is 0 Å². The molecule has 0 aliphatic heterocycles. The van der Waals surface area contributed by atoms with Crippen molar-refractivity contribution in [3.8, 4) is 5.69 Å². The summed E-state index contributed by atoms with van der Waals surface area (Å²) in [6, 6.07) is 9.20. The zero-order chi connectivity index (χ0) is 19.7. The van der Waals surface area contributed by atoms with Gasteiger partial charge in [0.2, 0.25) is 0 Å². The van der Waals surface area contributed by atoms with Gasteiger partial charge in [-0.2, -0.15) is 0 Å². The number of carbonyl (C=O) groups is 1. The first-order valence-corrected chi connectivity index (χ1v) is 8.76. The third-order valence-corrected chi connectivity index (χ3v) is 4.58. The van der Waals surface area contributed by atoms with Gasteiger partial charge in [0.1, 0.15) is 5.69 Å². The molecule has 0 bridgehead atoms. The number of nitrogens with one attached hydrogen (secondary N) is 1. The molecule has 9 heteroatoms. The van der Waals surface area contributed by atoms with E-state index >= 15 is 0 Å². The number of aryl methyl sites for hydroxylation is 1. The number of nitrogens with zero attached hydrogens (tertiary/aromatic N) is 2. The predicted molar refractivity (Wildman–Crippen MR) is 107 cm³/mol. The number of rotatable bonds is 4. The van der Waals surface area contributed by atoms with E-state index in [4.69, 9.17) is 34.8 Å². The van der Waals surface area contributed by atoms with Crippen LogP contribution in [0.3, 0.4) is 0 Å². The Morgan fingerprint density at radius 2 is 1.81 bits per heavy atom. The van der Waals surface area contributed by atoms with Gasteiger partial charge in [-0.15, -0.1) is 0 Å². The van der Waals surface area contributed by atoms with E-state index in [1.54, 1.807) is 25.1 Å². The second-order valence-corrected chi connectivity index (χ2v) is 6.84. The summed E-state index contributed by atoms with van der Waals surface area (Å²) in [6.07, 6.45) is 1.31. The number of carboxylic acids is 1. The minimum atomic E-state index is -1.11. The van der Waals surface area contributed by atoms with Crippen LogP contribution in [0.15, 0.2) is 46.2 Å². The first kappa shape index (κ1) is 19.2. The molecule has 0 unspecified atom stereocenters. The van der Waals surface area contributed by atoms with E-state index < -0.39 is 11.5 Å². The topological polar surface area (TPSA) is 87.5 Å². The molecule has 6 nitrogen and oxygen atoms in total. The first-order valence-electron chi connectivity index (χ1n) is 7.62. The van der Waals surface area contributed by atoms with Crippen molar-refractivity contribution in [3.63, 3.8) is 0 Å². The fraction of sp³-hybridized carbons (Fsp3) is 0.0556. The van der Waals surface area contributed by atoms with Crippen LogP contribution in [0.2, 0.25) is 15.1 Å². The van der Waals surface area contributed by atoms with E-state index in [1.807, 2.05) is 0 Å². The molecule has 2 aromatic carbocycles. The molecule has 3 aromatic rings. The predicted octanol–water partition coefficient (Wildman–Crippen LogP) is 4.88. The van der Waals surface area contributed by atoms with Gasteiger partial charge in [-0.3, -0.25) is 14.9 Å². The molecule has 0 fully saturated rings. The molecule has 0 saturated carbocycles. The Bertz CT molecular complexity index is 1110. The highest BCUT2D eigenvalue weighted by atomic mass is 35.5. The van der Waals surface area contributed by atoms with Crippen molar-refractivity contribution >= 4 is 52.7 Å². The Morgan fingerprint density at radius 1 is 1.19 bits per heavy atom. The largest absolute Gasteiger partial charge is 0.478 e. The highest BCUT2D eigenvalue weighted by Gasteiger charge is 2.17. The summed E-state index contributed by atoms with van der Waals surface area (Å²) in [7, 11) is 0. The number of benzene rings is 2. The number of H-pyrrole nitrogens is 1. The van der Waals surface area contributed by atoms with Gasteiger partial charge < -0.3 is 5.11 Å². The smallest absolute Gasteiger partial charge is 0.337 e. The van der Waals surface area contributed by atoms with Crippen LogP contribution in [0.25, 0.3) is 5.69 Å². The average Bonchev–Trinajstić information content (AvgIpc) is 2.86. The molecule has 27 heavy (non-hydrogen) atoms. The number of aromatic carboxylic acids is 1. The standard InChI is InChI=1S/C18H12Cl3N3O3/c1-9-12(8-22-15-5-3-2-4-11(15)18(26)27)17(25)24(23-9)16-13(20)6-10(19)7-14(16)21/h2-8,23H,1H3,(H,26,27). The van der Waals surface area contributed by atoms with E-state index in [2.05, 4.69) is 10.1 Å². The SMILES string of the molecule is Cc1[nH]n(-c2c(Cl)cc(Cl)cc2Cl)c(=O)c1C=Nc1ccccc1C(=O)O. The van der Waals surface area contributed by atoms with E-state index in [0.29, 0.717) is 10.7 Å². The molecule has 0 aliphatic carbocycles. The Labute approximate surface area is 168 Å². The van der Waals surface area contributed by atoms with Crippen molar-refractivity contribution in [2.75, 3.05) is 0 Å². The number of aromatic amines is 1. The highest BCUT2D eigenvalue weighted by Crippen LogP contribution is 2.31. The Morgan fingerprint density at radius 3 is 2.44 bits per heavy atom. The number of hydrogen-bond acceptors (Lipinski definition) is 3. The summed E-state index contributed by atoms with van der Waals surface area (Å²) in [6.45, 7) is 1.68. The van der Waals surface area contributed by atoms with Crippen molar-refractivity contribution in [1.82, 2.24) is 9.78 Å². The Kier molecular flexibility index (Phi) is 5.41. The lowest BCUT2D eigenvalue weighted by Gasteiger charge is -2.07. The number of carboxylic acid groups (broad SMARTS) is 1. The van der Waals surface area contributed by atoms with E-state index in [0.717, 1.165) is 0 Å². The van der Waals surface area contributed by atoms with Crippen LogP contribution >= 0.6 is 34.8 Å². The normalized spacial score (nSPS) is 11.3. The summed E-state index contributed by atoms with van der Waals surface area (Å²) < 4.78 is 1.20. The molecule has 0 radical (unpaired) electrons. The third-order valence-electron chi connectivity index (χ3n) is 3.79. The van der Waals surface area contributed by atoms with Crippen LogP contribution in [0.1, 0.15) is 21.6 Å². The van der Waals surface area contributed by atoms with Crippen molar-refractivity contribution in [1.29, 1.82) is 0 Å². The summed E-state index contributed by atoms with van der Waals surface area (Å²) in [5.41, 5.74) is 0.859. The molecule has 138 valence electrons. The number of aromatic nitrogens is 2. The molecule has 2 N–H and O–H groups in total. The van der Waals surface area contributed by atoms with E-state index in [9.17, 15) is 14.7 Å². The zero-order valence-corrected chi connectivity index (χ0v) is 16.1. The number of hydrogen-bond donors (Lipinski definition) is 2. The molecule has 0 spiro atoms. The van der Waals surface area contributed by atoms with Crippen molar-refractivity contribution < 1.29 is 9.90 Å². The second-order valence-electron chi connectivity index (χ2n) is 5.59. The molecule has 1 aromatic heterocycles. The minimum absolute atomic E-state index is 0.0334. The fourth-order valence-corrected chi connectivity index (χ4v) is 3.50. The quantitative estimate of drug-likeness (QED) is 0.585. The fourth-order valence-electron chi connectivity index (χ4n) is 2.52. The number of para-hydroxylation sites is 1. The maximum absolute atomic E-state index is 12.8. The lowest BCUT2D eigenvalue weighted by atomic mass is 10.2. The Hall–Kier alpha value is -2.54. The van der Waals surface area contributed by atoms with Gasteiger partial charge in [-0.05, 0) is 31.2 Å². The molecule has 1 heterocycles. The molecular weight excluding hydrogens is 413 g/mol. The highest BCUT2D eigenvalue weighted by molar-refractivity contribution is 6.40. The molecule has 0 amide bonds. The summed E-state index contributed by atoms with van der Waals surface area (Å²) in [5.74, 6) is -1.11. The average molecular weight is 425 g/mol. The summed E-state index contributed by atoms with van der Waals surface area (Å²) in [4.78, 5) is 28.2. The maximum atomic E-state index is 12.8. The van der Waals surface area contributed by atoms with Crippen molar-refractivity contribution in [3.05, 3.63) is 78.6 Å². The van der Waals surface area contributed by atoms with Crippen LogP contribution in [0.5, 0.6) is 0 Å². The van der Waals surface area contributed by atoms with Gasteiger partial charge in [0.05, 0.1) is 26.9 Å². The van der Waals surface area contributed by atoms with Crippen LogP contribution in [-0.4, -0.2) is 27.1 Å². The monoisotopic (exact) mass is 423 g/mol. The molecule has 0 atom stereocenters. The van der Waals surface area contributed by atoms with Gasteiger partial charge in [-0.1, -0.05) is 46.9 Å². The second kappa shape index (κ2) is 7.60. The molecule has 3 rings (SSSR count). The summed E-state index contributed by atoms with van der Waals surface area (Å²) in [5, 5.41) is 12.9. The lowest BCUT2D eigenvalue weighted by molar-refractivity contribution is 0.0698. The third kappa shape index (κ3) is 3.78. The van der Waals surface area contributed by atoms with E-state index in [-0.39, 0.29) is 32.5 Å². The van der Waals surface area contributed by atoms with Crippen LogP contribution < -0.4 is 5.56 Å². The minimum Gasteiger partial charge on any atom is -0.478 e. The van der Waals surface area contributed by atoms with Gasteiger partial charge in [0, 0.05) is 16.9 Å². The van der Waals surface area contributed by atoms with Crippen molar-refractivity contribution in [2.24, 2.45) is 4.99 Å². The molecule has 0 saturated heterocycles. The van der Waals surface area contributed by atoms with Crippen molar-refractivity contribution in [2.45, 2.75) is 6.92 Å². The first-order chi connectivity index (χ1) is 12.8. The molecule has 0 aliphatic rings. The van der Waals surface area contributed by atoms with Crippen LogP contribution in [0.4, 0.5) is 5.69 Å². The Balaban J connectivity index is 2.09. The number of aliphatic imine (C=N–C) groups is 1. The lowest BCUT2D eigenvalue weighted by Crippen LogP contribution is -2.18.